The van der Waals surface area contributed by atoms with Crippen LogP contribution in [0.25, 0.3) is 11.1 Å². The van der Waals surface area contributed by atoms with Gasteiger partial charge < -0.3 is 24.6 Å². The molecule has 298 valence electrons. The standard InChI is InChI=1S/C46H51N3O7S/c1-32-12-22-40(23-13-32)57(52,53)48-42(28-34-8-4-3-5-9-34)45(51)47-29-39-10-6-7-11-41(39)36-18-20-38(21-19-36)46-55-43(30-49-24-26-54-27-25-49)33(2)44(56-46)37-16-14-35(31-50)15-17-37/h3-23,33,42-44,46,48,50H,24-31H2,1-2H3,(H,47,51)/t33-,42+,43+,44+,46+/m0/s1. The van der Waals surface area contributed by atoms with Crippen LogP contribution in [0.2, 0.25) is 0 Å². The van der Waals surface area contributed by atoms with Crippen LogP contribution in [0.3, 0.4) is 0 Å². The number of carbonyl (C=O) groups is 1. The third-order valence-corrected chi connectivity index (χ3v) is 12.3. The lowest BCUT2D eigenvalue weighted by molar-refractivity contribution is -0.277. The number of ether oxygens (including phenoxy) is 3. The van der Waals surface area contributed by atoms with E-state index in [9.17, 15) is 18.3 Å². The van der Waals surface area contributed by atoms with Crippen LogP contribution in [0.4, 0.5) is 0 Å². The van der Waals surface area contributed by atoms with E-state index in [1.54, 1.807) is 24.3 Å². The zero-order chi connectivity index (χ0) is 39.8. The Morgan fingerprint density at radius 3 is 2.18 bits per heavy atom. The average molecular weight is 790 g/mol. The van der Waals surface area contributed by atoms with Crippen molar-refractivity contribution < 1.29 is 32.5 Å². The van der Waals surface area contributed by atoms with Gasteiger partial charge >= 0.3 is 0 Å². The Bertz CT molecular complexity index is 2180. The minimum absolute atomic E-state index is 0.0144. The number of aliphatic hydroxyl groups is 1. The van der Waals surface area contributed by atoms with Gasteiger partial charge in [0.1, 0.15) is 6.04 Å². The van der Waals surface area contributed by atoms with Gasteiger partial charge in [0, 0.05) is 37.7 Å². The van der Waals surface area contributed by atoms with E-state index in [1.165, 1.54) is 0 Å². The number of morpholine rings is 1. The molecule has 10 nitrogen and oxygen atoms in total. The van der Waals surface area contributed by atoms with Crippen molar-refractivity contribution in [2.75, 3.05) is 32.8 Å². The molecular weight excluding hydrogens is 739 g/mol. The lowest BCUT2D eigenvalue weighted by atomic mass is 9.90. The van der Waals surface area contributed by atoms with Crippen molar-refractivity contribution >= 4 is 15.9 Å². The number of amides is 1. The zero-order valence-corrected chi connectivity index (χ0v) is 33.2. The lowest BCUT2D eigenvalue weighted by Gasteiger charge is -2.43. The third-order valence-electron chi connectivity index (χ3n) is 10.9. The average Bonchev–Trinajstić information content (AvgIpc) is 3.24. The van der Waals surface area contributed by atoms with Crippen molar-refractivity contribution in [1.29, 1.82) is 0 Å². The number of carbonyl (C=O) groups excluding carboxylic acids is 1. The van der Waals surface area contributed by atoms with Gasteiger partial charge in [0.15, 0.2) is 6.29 Å². The van der Waals surface area contributed by atoms with Crippen molar-refractivity contribution in [2.45, 2.75) is 62.9 Å². The first-order valence-electron chi connectivity index (χ1n) is 19.6. The minimum atomic E-state index is -3.97. The summed E-state index contributed by atoms with van der Waals surface area (Å²) >= 11 is 0. The minimum Gasteiger partial charge on any atom is -0.392 e. The topological polar surface area (TPSA) is 126 Å². The summed E-state index contributed by atoms with van der Waals surface area (Å²) in [5.41, 5.74) is 7.34. The first-order valence-corrected chi connectivity index (χ1v) is 21.0. The van der Waals surface area contributed by atoms with Crippen LogP contribution in [0.15, 0.2) is 132 Å². The highest BCUT2D eigenvalue weighted by Gasteiger charge is 2.39. The summed E-state index contributed by atoms with van der Waals surface area (Å²) in [6.07, 6.45) is -0.699. The van der Waals surface area contributed by atoms with Crippen LogP contribution in [-0.2, 0) is 48.6 Å². The first kappa shape index (κ1) is 40.5. The maximum atomic E-state index is 13.8. The molecule has 57 heavy (non-hydrogen) atoms. The van der Waals surface area contributed by atoms with Gasteiger partial charge in [-0.25, -0.2) is 8.42 Å². The summed E-state index contributed by atoms with van der Waals surface area (Å²) < 4.78 is 48.5. The van der Waals surface area contributed by atoms with Crippen LogP contribution in [0.1, 0.15) is 52.7 Å². The predicted molar refractivity (Wildman–Crippen MR) is 219 cm³/mol. The molecule has 5 aromatic carbocycles. The van der Waals surface area contributed by atoms with E-state index < -0.39 is 28.3 Å². The molecule has 2 fully saturated rings. The van der Waals surface area contributed by atoms with E-state index in [2.05, 4.69) is 21.9 Å². The second-order valence-corrected chi connectivity index (χ2v) is 16.6. The maximum absolute atomic E-state index is 13.8. The monoisotopic (exact) mass is 789 g/mol. The maximum Gasteiger partial charge on any atom is 0.241 e. The largest absolute Gasteiger partial charge is 0.392 e. The molecule has 2 aliphatic heterocycles. The van der Waals surface area contributed by atoms with E-state index in [1.807, 2.05) is 110 Å². The van der Waals surface area contributed by atoms with Gasteiger partial charge in [-0.3, -0.25) is 9.69 Å². The molecule has 2 saturated heterocycles. The van der Waals surface area contributed by atoms with Crippen molar-refractivity contribution in [3.8, 4) is 11.1 Å². The Morgan fingerprint density at radius 2 is 1.47 bits per heavy atom. The van der Waals surface area contributed by atoms with E-state index in [-0.39, 0.29) is 42.6 Å². The van der Waals surface area contributed by atoms with Gasteiger partial charge in [-0.1, -0.05) is 128 Å². The molecule has 0 radical (unpaired) electrons. The number of benzene rings is 5. The molecule has 7 rings (SSSR count). The number of rotatable bonds is 14. The van der Waals surface area contributed by atoms with Gasteiger partial charge in [-0.05, 0) is 58.9 Å². The van der Waals surface area contributed by atoms with Gasteiger partial charge in [0.2, 0.25) is 15.9 Å². The smallest absolute Gasteiger partial charge is 0.241 e. The molecule has 0 aromatic heterocycles. The highest BCUT2D eigenvalue weighted by molar-refractivity contribution is 7.89. The lowest BCUT2D eigenvalue weighted by Crippen LogP contribution is -2.47. The van der Waals surface area contributed by atoms with E-state index in [0.29, 0.717) is 13.2 Å². The molecule has 0 unspecified atom stereocenters. The number of nitrogens with zero attached hydrogens (tertiary/aromatic N) is 1. The molecule has 0 saturated carbocycles. The number of nitrogens with one attached hydrogen (secondary N) is 2. The van der Waals surface area contributed by atoms with E-state index in [0.717, 1.165) is 64.1 Å². The molecule has 5 aromatic rings. The second kappa shape index (κ2) is 18.7. The van der Waals surface area contributed by atoms with Crippen LogP contribution in [-0.4, -0.2) is 69.3 Å². The molecular formula is C46H51N3O7S. The summed E-state index contributed by atoms with van der Waals surface area (Å²) in [5.74, 6) is -0.344. The number of hydrogen-bond donors (Lipinski definition) is 3. The van der Waals surface area contributed by atoms with Gasteiger partial charge in [0.25, 0.3) is 0 Å². The Kier molecular flexibility index (Phi) is 13.3. The van der Waals surface area contributed by atoms with E-state index in [4.69, 9.17) is 14.2 Å². The quantitative estimate of drug-likeness (QED) is 0.117. The third kappa shape index (κ3) is 10.2. The normalized spacial score (nSPS) is 20.8. The van der Waals surface area contributed by atoms with Gasteiger partial charge in [0.05, 0.1) is 36.9 Å². The highest BCUT2D eigenvalue weighted by atomic mass is 32.2. The second-order valence-electron chi connectivity index (χ2n) is 14.9. The highest BCUT2D eigenvalue weighted by Crippen LogP contribution is 2.42. The Hall–Kier alpha value is -4.72. The molecule has 2 heterocycles. The summed E-state index contributed by atoms with van der Waals surface area (Å²) in [6.45, 7) is 8.15. The molecule has 5 atom stereocenters. The molecule has 0 spiro atoms. The first-order chi connectivity index (χ1) is 27.7. The Morgan fingerprint density at radius 1 is 0.807 bits per heavy atom. The summed E-state index contributed by atoms with van der Waals surface area (Å²) in [5, 5.41) is 12.6. The van der Waals surface area contributed by atoms with Crippen molar-refractivity contribution in [2.24, 2.45) is 5.92 Å². The fraction of sp³-hybridized carbons (Fsp3) is 0.326. The summed E-state index contributed by atoms with van der Waals surface area (Å²) in [6, 6.07) is 38.8. The number of aliphatic hydroxyl groups excluding tert-OH is 1. The predicted octanol–water partition coefficient (Wildman–Crippen LogP) is 6.48. The number of hydrogen-bond acceptors (Lipinski definition) is 8. The fourth-order valence-electron chi connectivity index (χ4n) is 7.46. The molecule has 11 heteroatoms. The SMILES string of the molecule is Cc1ccc(S(=O)(=O)N[C@H](Cc2ccccc2)C(=O)NCc2ccccc2-c2ccc([C@@H]3O[C@H](CN4CCOCC4)[C@H](C)[C@H](c4ccc(CO)cc4)O3)cc2)cc1. The molecule has 3 N–H and O–H groups in total. The van der Waals surface area contributed by atoms with Crippen LogP contribution in [0.5, 0.6) is 0 Å². The van der Waals surface area contributed by atoms with Gasteiger partial charge in [-0.2, -0.15) is 4.72 Å². The van der Waals surface area contributed by atoms with Crippen molar-refractivity contribution in [3.05, 3.63) is 161 Å². The van der Waals surface area contributed by atoms with Crippen LogP contribution in [0, 0.1) is 12.8 Å². The van der Waals surface area contributed by atoms with E-state index >= 15 is 0 Å². The Balaban J connectivity index is 1.08. The number of aryl methyl sites for hydroxylation is 1. The molecule has 0 aliphatic carbocycles. The van der Waals surface area contributed by atoms with Crippen molar-refractivity contribution in [3.63, 3.8) is 0 Å². The fourth-order valence-corrected chi connectivity index (χ4v) is 8.65. The Labute approximate surface area is 335 Å². The number of sulfonamides is 1. The van der Waals surface area contributed by atoms with Crippen LogP contribution >= 0.6 is 0 Å². The summed E-state index contributed by atoms with van der Waals surface area (Å²) in [4.78, 5) is 16.3. The zero-order valence-electron chi connectivity index (χ0n) is 32.4. The molecule has 1 amide bonds. The molecule has 2 aliphatic rings. The summed E-state index contributed by atoms with van der Waals surface area (Å²) in [7, 11) is -3.97. The van der Waals surface area contributed by atoms with Gasteiger partial charge in [-0.15, -0.1) is 0 Å². The molecule has 0 bridgehead atoms. The van der Waals surface area contributed by atoms with Crippen molar-refractivity contribution in [1.82, 2.24) is 14.9 Å². The van der Waals surface area contributed by atoms with Crippen LogP contribution < -0.4 is 10.0 Å².